The van der Waals surface area contributed by atoms with Gasteiger partial charge in [-0.2, -0.15) is 0 Å². The monoisotopic (exact) mass is 298 g/mol. The van der Waals surface area contributed by atoms with Crippen LogP contribution in [0.5, 0.6) is 0 Å². The van der Waals surface area contributed by atoms with Gasteiger partial charge in [0.2, 0.25) is 0 Å². The van der Waals surface area contributed by atoms with Crippen molar-refractivity contribution in [1.82, 2.24) is 5.32 Å². The van der Waals surface area contributed by atoms with E-state index < -0.39 is 23.1 Å². The van der Waals surface area contributed by atoms with Crippen LogP contribution in [0.15, 0.2) is 12.1 Å². The highest BCUT2D eigenvalue weighted by molar-refractivity contribution is 5.92. The predicted molar refractivity (Wildman–Crippen MR) is 74.1 cm³/mol. The Morgan fingerprint density at radius 3 is 2.57 bits per heavy atom. The second-order valence-corrected chi connectivity index (χ2v) is 4.53. The van der Waals surface area contributed by atoms with Crippen LogP contribution in [0.4, 0.5) is 5.69 Å². The Hall–Kier alpha value is -2.03. The van der Waals surface area contributed by atoms with Gasteiger partial charge >= 0.3 is 5.97 Å². The maximum atomic E-state index is 11.7. The number of nitrogens with zero attached hydrogens (tertiary/aromatic N) is 1. The van der Waals surface area contributed by atoms with E-state index in [0.717, 1.165) is 13.2 Å². The highest BCUT2D eigenvalue weighted by Gasteiger charge is 2.26. The summed E-state index contributed by atoms with van der Waals surface area (Å²) in [6.45, 7) is 1.51. The third-order valence-electron chi connectivity index (χ3n) is 3.12. The van der Waals surface area contributed by atoms with Crippen LogP contribution in [0.3, 0.4) is 0 Å². The van der Waals surface area contributed by atoms with E-state index in [1.54, 1.807) is 7.05 Å². The molecule has 2 unspecified atom stereocenters. The minimum absolute atomic E-state index is 0.0163. The summed E-state index contributed by atoms with van der Waals surface area (Å²) in [5.74, 6) is -0.743. The third-order valence-corrected chi connectivity index (χ3v) is 3.12. The lowest BCUT2D eigenvalue weighted by Gasteiger charge is -2.19. The number of carbonyl (C=O) groups excluding carboxylic acids is 1. The van der Waals surface area contributed by atoms with Crippen LogP contribution in [0.1, 0.15) is 27.6 Å². The van der Waals surface area contributed by atoms with Gasteiger partial charge in [-0.25, -0.2) is 4.79 Å². The molecule has 0 heterocycles. The molecule has 0 aromatic heterocycles. The number of nitrogens with one attached hydrogen (secondary N) is 1. The van der Waals surface area contributed by atoms with Crippen molar-refractivity contribution in [3.8, 4) is 0 Å². The summed E-state index contributed by atoms with van der Waals surface area (Å²) >= 11 is 0. The molecule has 0 amide bonds. The number of nitro groups is 1. The van der Waals surface area contributed by atoms with Crippen LogP contribution in [0, 0.1) is 17.0 Å². The molecule has 0 aliphatic carbocycles. The number of benzene rings is 1. The van der Waals surface area contributed by atoms with Crippen molar-refractivity contribution in [1.29, 1.82) is 0 Å². The number of carbonyl (C=O) groups is 1. The van der Waals surface area contributed by atoms with E-state index in [2.05, 4.69) is 10.1 Å². The topological polar surface area (TPSA) is 122 Å². The van der Waals surface area contributed by atoms with E-state index in [4.69, 9.17) is 0 Å². The number of rotatable bonds is 6. The Balaban J connectivity index is 3.36. The number of nitro benzene ring substituents is 1. The van der Waals surface area contributed by atoms with Gasteiger partial charge in [-0.1, -0.05) is 0 Å². The SMILES string of the molecule is CNCC(O)C(O)c1cc(C(=O)OC)c(C)c([N+](=O)[O-])c1. The van der Waals surface area contributed by atoms with Gasteiger partial charge in [0.25, 0.3) is 5.69 Å². The van der Waals surface area contributed by atoms with Crippen LogP contribution >= 0.6 is 0 Å². The Bertz CT molecular complexity index is 546. The molecule has 0 aliphatic rings. The number of ether oxygens (including phenoxy) is 1. The first-order valence-electron chi connectivity index (χ1n) is 6.21. The van der Waals surface area contributed by atoms with E-state index in [9.17, 15) is 25.1 Å². The first kappa shape index (κ1) is 17.0. The van der Waals surface area contributed by atoms with Gasteiger partial charge in [0.05, 0.1) is 23.7 Å². The van der Waals surface area contributed by atoms with Crippen LogP contribution in [0.2, 0.25) is 0 Å². The molecule has 0 saturated carbocycles. The molecular formula is C13H18N2O6. The largest absolute Gasteiger partial charge is 0.465 e. The lowest BCUT2D eigenvalue weighted by molar-refractivity contribution is -0.385. The molecule has 1 aromatic rings. The maximum absolute atomic E-state index is 11.7. The zero-order chi connectivity index (χ0) is 16.2. The minimum Gasteiger partial charge on any atom is -0.465 e. The smallest absolute Gasteiger partial charge is 0.338 e. The van der Waals surface area contributed by atoms with Gasteiger partial charge in [-0.05, 0) is 25.6 Å². The standard InChI is InChI=1S/C13H18N2O6/c1-7-9(13(18)21-3)4-8(5-10(7)15(19)20)12(17)11(16)6-14-2/h4-5,11-12,14,16-17H,6H2,1-3H3. The first-order valence-corrected chi connectivity index (χ1v) is 6.21. The van der Waals surface area contributed by atoms with Crippen LogP contribution in [0.25, 0.3) is 0 Å². The number of hydrogen-bond donors (Lipinski definition) is 3. The van der Waals surface area contributed by atoms with Gasteiger partial charge < -0.3 is 20.3 Å². The molecule has 21 heavy (non-hydrogen) atoms. The summed E-state index contributed by atoms with van der Waals surface area (Å²) < 4.78 is 4.58. The van der Waals surface area contributed by atoms with E-state index in [1.807, 2.05) is 0 Å². The van der Waals surface area contributed by atoms with Crippen molar-refractivity contribution in [3.63, 3.8) is 0 Å². The van der Waals surface area contributed by atoms with Crippen molar-refractivity contribution in [2.24, 2.45) is 0 Å². The van der Waals surface area contributed by atoms with Crippen molar-refractivity contribution in [2.75, 3.05) is 20.7 Å². The van der Waals surface area contributed by atoms with E-state index >= 15 is 0 Å². The second kappa shape index (κ2) is 7.11. The first-order chi connectivity index (χ1) is 9.83. The van der Waals surface area contributed by atoms with Gasteiger partial charge in [-0.3, -0.25) is 10.1 Å². The van der Waals surface area contributed by atoms with E-state index in [1.165, 1.54) is 13.0 Å². The normalized spacial score (nSPS) is 13.6. The van der Waals surface area contributed by atoms with Gasteiger partial charge in [0, 0.05) is 18.2 Å². The summed E-state index contributed by atoms with van der Waals surface area (Å²) in [4.78, 5) is 22.1. The predicted octanol–water partition coefficient (Wildman–Crippen LogP) is 0.304. The molecule has 1 aromatic carbocycles. The quantitative estimate of drug-likeness (QED) is 0.392. The zero-order valence-corrected chi connectivity index (χ0v) is 12.0. The molecule has 0 bridgehead atoms. The fraction of sp³-hybridized carbons (Fsp3) is 0.462. The molecule has 0 aliphatic heterocycles. The lowest BCUT2D eigenvalue weighted by atomic mass is 9.97. The third kappa shape index (κ3) is 3.75. The Morgan fingerprint density at radius 2 is 2.10 bits per heavy atom. The Labute approximate surface area is 121 Å². The Kier molecular flexibility index (Phi) is 5.77. The number of methoxy groups -OCH3 is 1. The van der Waals surface area contributed by atoms with Crippen molar-refractivity contribution >= 4 is 11.7 Å². The molecule has 8 heteroatoms. The highest BCUT2D eigenvalue weighted by Crippen LogP contribution is 2.28. The Morgan fingerprint density at radius 1 is 1.48 bits per heavy atom. The number of aliphatic hydroxyl groups is 2. The van der Waals surface area contributed by atoms with Crippen molar-refractivity contribution in [3.05, 3.63) is 38.9 Å². The second-order valence-electron chi connectivity index (χ2n) is 4.53. The molecule has 0 saturated heterocycles. The molecule has 2 atom stereocenters. The summed E-state index contributed by atoms with van der Waals surface area (Å²) in [5, 5.41) is 33.5. The van der Waals surface area contributed by atoms with Crippen LogP contribution in [-0.2, 0) is 4.74 Å². The number of likely N-dealkylation sites (N-methyl/N-ethyl adjacent to an activating group) is 1. The molecule has 0 radical (unpaired) electrons. The molecule has 8 nitrogen and oxygen atoms in total. The molecule has 0 fully saturated rings. The van der Waals surface area contributed by atoms with Crippen LogP contribution in [-0.4, -0.2) is 47.9 Å². The number of aliphatic hydroxyl groups excluding tert-OH is 2. The summed E-state index contributed by atoms with van der Waals surface area (Å²) in [7, 11) is 2.75. The lowest BCUT2D eigenvalue weighted by Crippen LogP contribution is -2.29. The average molecular weight is 298 g/mol. The molecule has 116 valence electrons. The highest BCUT2D eigenvalue weighted by atomic mass is 16.6. The summed E-state index contributed by atoms with van der Waals surface area (Å²) in [5.41, 5.74) is -0.109. The summed E-state index contributed by atoms with van der Waals surface area (Å²) in [6.07, 6.45) is -2.53. The molecule has 1 rings (SSSR count). The molecular weight excluding hydrogens is 280 g/mol. The van der Waals surface area contributed by atoms with Gasteiger partial charge in [0.15, 0.2) is 0 Å². The average Bonchev–Trinajstić information content (AvgIpc) is 2.45. The van der Waals surface area contributed by atoms with E-state index in [0.29, 0.717) is 0 Å². The fourth-order valence-corrected chi connectivity index (χ4v) is 1.95. The van der Waals surface area contributed by atoms with Crippen molar-refractivity contribution in [2.45, 2.75) is 19.1 Å². The number of esters is 1. The maximum Gasteiger partial charge on any atom is 0.338 e. The van der Waals surface area contributed by atoms with E-state index in [-0.39, 0.29) is 28.9 Å². The van der Waals surface area contributed by atoms with Crippen LogP contribution < -0.4 is 5.32 Å². The minimum atomic E-state index is -1.36. The fourth-order valence-electron chi connectivity index (χ4n) is 1.95. The van der Waals surface area contributed by atoms with Gasteiger partial charge in [0.1, 0.15) is 6.10 Å². The zero-order valence-electron chi connectivity index (χ0n) is 12.0. The van der Waals surface area contributed by atoms with Crippen molar-refractivity contribution < 1.29 is 24.7 Å². The molecule has 3 N–H and O–H groups in total. The van der Waals surface area contributed by atoms with Gasteiger partial charge in [-0.15, -0.1) is 0 Å². The number of hydrogen-bond acceptors (Lipinski definition) is 7. The molecule has 0 spiro atoms. The summed E-state index contributed by atoms with van der Waals surface area (Å²) in [6, 6.07) is 2.43.